The van der Waals surface area contributed by atoms with E-state index in [1.165, 1.54) is 17.6 Å². The quantitative estimate of drug-likeness (QED) is 0.829. The Hall–Kier alpha value is -1.92. The smallest absolute Gasteiger partial charge is 0.310 e. The molecule has 0 saturated heterocycles. The maximum Gasteiger partial charge on any atom is 0.310 e. The molecular formula is C14H17N3O2S. The minimum absolute atomic E-state index is 0.00840. The lowest BCUT2D eigenvalue weighted by Gasteiger charge is -2.12. The molecule has 0 radical (unpaired) electrons. The van der Waals surface area contributed by atoms with E-state index in [0.29, 0.717) is 5.70 Å². The Morgan fingerprint density at radius 1 is 1.60 bits per heavy atom. The van der Waals surface area contributed by atoms with Crippen LogP contribution < -0.4 is 10.6 Å². The molecule has 6 heteroatoms. The van der Waals surface area contributed by atoms with Crippen molar-refractivity contribution in [2.75, 3.05) is 7.11 Å². The predicted octanol–water partition coefficient (Wildman–Crippen LogP) is 2.26. The van der Waals surface area contributed by atoms with Crippen molar-refractivity contribution in [3.8, 4) is 0 Å². The van der Waals surface area contributed by atoms with Crippen LogP contribution in [0, 0.1) is 5.41 Å². The first kappa shape index (κ1) is 14.5. The summed E-state index contributed by atoms with van der Waals surface area (Å²) in [6, 6.07) is 5.84. The number of allylic oxidation sites excluding steroid dienone is 2. The Morgan fingerprint density at radius 2 is 2.35 bits per heavy atom. The largest absolute Gasteiger partial charge is 0.402 e. The third-order valence-corrected chi connectivity index (χ3v) is 4.17. The summed E-state index contributed by atoms with van der Waals surface area (Å²) in [5.74, 6) is 0.00840. The van der Waals surface area contributed by atoms with Crippen molar-refractivity contribution in [3.05, 3.63) is 45.2 Å². The van der Waals surface area contributed by atoms with E-state index in [4.69, 9.17) is 15.9 Å². The average Bonchev–Trinajstić information content (AvgIpc) is 2.74. The Labute approximate surface area is 120 Å². The van der Waals surface area contributed by atoms with Gasteiger partial charge in [-0.3, -0.25) is 9.36 Å². The zero-order valence-corrected chi connectivity index (χ0v) is 12.2. The zero-order chi connectivity index (χ0) is 14.7. The maximum absolute atomic E-state index is 11.9. The van der Waals surface area contributed by atoms with Crippen molar-refractivity contribution in [1.29, 1.82) is 5.41 Å². The number of thiazole rings is 1. The van der Waals surface area contributed by atoms with E-state index in [-0.39, 0.29) is 17.5 Å². The zero-order valence-electron chi connectivity index (χ0n) is 11.4. The van der Waals surface area contributed by atoms with Gasteiger partial charge in [-0.25, -0.2) is 0 Å². The maximum atomic E-state index is 11.9. The molecule has 1 aromatic carbocycles. The number of nitrogens with one attached hydrogen (secondary N) is 1. The van der Waals surface area contributed by atoms with Gasteiger partial charge in [0.05, 0.1) is 10.2 Å². The number of nitrogens with two attached hydrogens (primary N) is 1. The number of ether oxygens (including phenoxy) is 1. The third kappa shape index (κ3) is 2.66. The molecule has 0 aliphatic heterocycles. The van der Waals surface area contributed by atoms with Gasteiger partial charge in [0.25, 0.3) is 0 Å². The van der Waals surface area contributed by atoms with Gasteiger partial charge < -0.3 is 15.9 Å². The highest BCUT2D eigenvalue weighted by Crippen LogP contribution is 2.26. The van der Waals surface area contributed by atoms with Crippen LogP contribution in [0.3, 0.4) is 0 Å². The molecule has 1 atom stereocenters. The number of aromatic nitrogens is 1. The minimum Gasteiger partial charge on any atom is -0.402 e. The van der Waals surface area contributed by atoms with Gasteiger partial charge in [0.15, 0.2) is 0 Å². The summed E-state index contributed by atoms with van der Waals surface area (Å²) in [6.45, 7) is 2.23. The van der Waals surface area contributed by atoms with Gasteiger partial charge in [-0.15, -0.1) is 0 Å². The second kappa shape index (κ2) is 6.02. The molecule has 0 spiro atoms. The Bertz CT molecular complexity index is 715. The van der Waals surface area contributed by atoms with Crippen LogP contribution in [-0.4, -0.2) is 17.9 Å². The normalized spacial score (nSPS) is 13.6. The van der Waals surface area contributed by atoms with Crippen LogP contribution in [0.2, 0.25) is 0 Å². The standard InChI is InChI=1S/C14H17N3O2S/c1-9(11(16)5-6-15)10-3-4-12-13(7-10)20-14(18)17(12)8-19-2/h3-7,9,15H,8,16H2,1-2H3/b11-5-,15-6?. The molecule has 0 amide bonds. The van der Waals surface area contributed by atoms with Crippen molar-refractivity contribution in [2.45, 2.75) is 19.6 Å². The molecule has 1 heterocycles. The first-order valence-corrected chi connectivity index (χ1v) is 6.98. The van der Waals surface area contributed by atoms with Crippen LogP contribution in [-0.2, 0) is 11.5 Å². The molecule has 106 valence electrons. The van der Waals surface area contributed by atoms with Gasteiger partial charge in [0, 0.05) is 24.9 Å². The highest BCUT2D eigenvalue weighted by atomic mass is 32.1. The molecule has 0 bridgehead atoms. The molecule has 1 unspecified atom stereocenters. The van der Waals surface area contributed by atoms with Gasteiger partial charge in [-0.05, 0) is 23.8 Å². The average molecular weight is 291 g/mol. The fraction of sp³-hybridized carbons (Fsp3) is 0.286. The summed E-state index contributed by atoms with van der Waals surface area (Å²) in [7, 11) is 1.56. The lowest BCUT2D eigenvalue weighted by Crippen LogP contribution is -2.13. The highest BCUT2D eigenvalue weighted by Gasteiger charge is 2.12. The highest BCUT2D eigenvalue weighted by molar-refractivity contribution is 7.16. The molecule has 0 saturated carbocycles. The summed E-state index contributed by atoms with van der Waals surface area (Å²) >= 11 is 1.20. The summed E-state index contributed by atoms with van der Waals surface area (Å²) in [5.41, 5.74) is 8.44. The Kier molecular flexibility index (Phi) is 4.36. The third-order valence-electron chi connectivity index (χ3n) is 3.23. The van der Waals surface area contributed by atoms with Gasteiger partial charge in [0.2, 0.25) is 0 Å². The number of methoxy groups -OCH3 is 1. The van der Waals surface area contributed by atoms with Crippen molar-refractivity contribution in [1.82, 2.24) is 4.57 Å². The topological polar surface area (TPSA) is 81.1 Å². The van der Waals surface area contributed by atoms with E-state index in [0.717, 1.165) is 15.8 Å². The second-order valence-corrected chi connectivity index (χ2v) is 5.49. The number of fused-ring (bicyclic) bond motifs is 1. The number of nitrogens with zero attached hydrogens (tertiary/aromatic N) is 1. The summed E-state index contributed by atoms with van der Waals surface area (Å²) in [5, 5.41) is 7.06. The molecule has 0 aliphatic carbocycles. The molecule has 3 N–H and O–H groups in total. The van der Waals surface area contributed by atoms with Gasteiger partial charge in [0.1, 0.15) is 6.73 Å². The SMILES string of the molecule is COCn1c(=O)sc2cc(C(C)/C(N)=C/C=N)ccc21. The lowest BCUT2D eigenvalue weighted by atomic mass is 9.97. The predicted molar refractivity (Wildman–Crippen MR) is 82.6 cm³/mol. The number of rotatable bonds is 5. The Morgan fingerprint density at radius 3 is 3.00 bits per heavy atom. The second-order valence-electron chi connectivity index (χ2n) is 4.50. The van der Waals surface area contributed by atoms with Crippen LogP contribution in [0.1, 0.15) is 18.4 Å². The van der Waals surface area contributed by atoms with E-state index < -0.39 is 0 Å². The summed E-state index contributed by atoms with van der Waals surface area (Å²) < 4.78 is 7.56. The van der Waals surface area contributed by atoms with Crippen molar-refractivity contribution in [3.63, 3.8) is 0 Å². The summed E-state index contributed by atoms with van der Waals surface area (Å²) in [4.78, 5) is 11.8. The van der Waals surface area contributed by atoms with Crippen LogP contribution >= 0.6 is 11.3 Å². The molecule has 0 aliphatic rings. The number of hydrogen-bond donors (Lipinski definition) is 2. The number of hydrogen-bond acceptors (Lipinski definition) is 5. The first-order valence-electron chi connectivity index (χ1n) is 6.16. The van der Waals surface area contributed by atoms with Crippen molar-refractivity contribution < 1.29 is 4.74 Å². The molecule has 5 nitrogen and oxygen atoms in total. The minimum atomic E-state index is -0.0327. The fourth-order valence-electron chi connectivity index (χ4n) is 2.04. The van der Waals surface area contributed by atoms with Crippen LogP contribution in [0.5, 0.6) is 0 Å². The molecular weight excluding hydrogens is 274 g/mol. The summed E-state index contributed by atoms with van der Waals surface area (Å²) in [6.07, 6.45) is 2.76. The Balaban J connectivity index is 2.47. The van der Waals surface area contributed by atoms with E-state index in [1.54, 1.807) is 17.8 Å². The van der Waals surface area contributed by atoms with Gasteiger partial charge in [-0.2, -0.15) is 0 Å². The van der Waals surface area contributed by atoms with Gasteiger partial charge in [-0.1, -0.05) is 24.3 Å². The van der Waals surface area contributed by atoms with E-state index in [1.807, 2.05) is 25.1 Å². The monoisotopic (exact) mass is 291 g/mol. The van der Waals surface area contributed by atoms with Crippen LogP contribution in [0.25, 0.3) is 10.2 Å². The molecule has 2 aromatic rings. The first-order chi connectivity index (χ1) is 9.58. The molecule has 0 fully saturated rings. The molecule has 1 aromatic heterocycles. The van der Waals surface area contributed by atoms with E-state index >= 15 is 0 Å². The van der Waals surface area contributed by atoms with Crippen molar-refractivity contribution in [2.24, 2.45) is 5.73 Å². The molecule has 2 rings (SSSR count). The van der Waals surface area contributed by atoms with E-state index in [2.05, 4.69) is 0 Å². The van der Waals surface area contributed by atoms with Crippen molar-refractivity contribution >= 4 is 27.8 Å². The molecule has 20 heavy (non-hydrogen) atoms. The lowest BCUT2D eigenvalue weighted by molar-refractivity contribution is 0.133. The van der Waals surface area contributed by atoms with E-state index in [9.17, 15) is 4.79 Å². The fourth-order valence-corrected chi connectivity index (χ4v) is 2.96. The van der Waals surface area contributed by atoms with Crippen LogP contribution in [0.15, 0.2) is 34.8 Å². The van der Waals surface area contributed by atoms with Crippen LogP contribution in [0.4, 0.5) is 0 Å². The number of benzene rings is 1. The van der Waals surface area contributed by atoms with Gasteiger partial charge >= 0.3 is 4.87 Å².